The SMILES string of the molecule is C[C@@H](Nc1ncnc2oc(-c3ccc(C#N)cc3)cc12)c1ccccc1. The molecule has 0 spiro atoms. The second kappa shape index (κ2) is 6.69. The lowest BCUT2D eigenvalue weighted by Gasteiger charge is -2.14. The van der Waals surface area contributed by atoms with Gasteiger partial charge in [-0.2, -0.15) is 5.26 Å². The van der Waals surface area contributed by atoms with Gasteiger partial charge in [-0.15, -0.1) is 0 Å². The van der Waals surface area contributed by atoms with E-state index < -0.39 is 0 Å². The van der Waals surface area contributed by atoms with Crippen molar-refractivity contribution < 1.29 is 4.42 Å². The van der Waals surface area contributed by atoms with Gasteiger partial charge in [-0.3, -0.25) is 0 Å². The second-order valence-electron chi connectivity index (χ2n) is 6.02. The van der Waals surface area contributed by atoms with Crippen LogP contribution in [0.15, 0.2) is 71.4 Å². The van der Waals surface area contributed by atoms with E-state index in [1.807, 2.05) is 36.4 Å². The smallest absolute Gasteiger partial charge is 0.231 e. The molecule has 2 aromatic heterocycles. The lowest BCUT2D eigenvalue weighted by Crippen LogP contribution is -2.08. The van der Waals surface area contributed by atoms with Crippen LogP contribution >= 0.6 is 0 Å². The lowest BCUT2D eigenvalue weighted by molar-refractivity contribution is 0.617. The summed E-state index contributed by atoms with van der Waals surface area (Å²) in [5.41, 5.74) is 3.21. The minimum Gasteiger partial charge on any atom is -0.438 e. The number of anilines is 1. The minimum absolute atomic E-state index is 0.0996. The Morgan fingerprint density at radius 3 is 2.54 bits per heavy atom. The first-order valence-corrected chi connectivity index (χ1v) is 8.31. The average molecular weight is 340 g/mol. The number of furan rings is 1. The minimum atomic E-state index is 0.0996. The maximum Gasteiger partial charge on any atom is 0.231 e. The molecule has 0 amide bonds. The largest absolute Gasteiger partial charge is 0.438 e. The predicted octanol–water partition coefficient (Wildman–Crippen LogP) is 4.93. The van der Waals surface area contributed by atoms with Gasteiger partial charge in [-0.1, -0.05) is 30.3 Å². The van der Waals surface area contributed by atoms with Crippen LogP contribution in [0.3, 0.4) is 0 Å². The molecule has 0 aliphatic rings. The summed E-state index contributed by atoms with van der Waals surface area (Å²) < 4.78 is 5.88. The summed E-state index contributed by atoms with van der Waals surface area (Å²) in [6.07, 6.45) is 1.49. The molecule has 0 fully saturated rings. The second-order valence-corrected chi connectivity index (χ2v) is 6.02. The number of hydrogen-bond donors (Lipinski definition) is 1. The molecule has 26 heavy (non-hydrogen) atoms. The number of nitrogens with one attached hydrogen (secondary N) is 1. The summed E-state index contributed by atoms with van der Waals surface area (Å²) in [6, 6.07) is 21.6. The number of nitriles is 1. The van der Waals surface area contributed by atoms with Crippen molar-refractivity contribution in [2.75, 3.05) is 5.32 Å². The summed E-state index contributed by atoms with van der Waals surface area (Å²) in [5.74, 6) is 1.43. The Hall–Kier alpha value is -3.65. The molecule has 5 heteroatoms. The Morgan fingerprint density at radius 1 is 1.04 bits per heavy atom. The van der Waals surface area contributed by atoms with E-state index in [0.29, 0.717) is 17.0 Å². The Bertz CT molecular complexity index is 1080. The third-order valence-electron chi connectivity index (χ3n) is 4.28. The molecule has 5 nitrogen and oxygen atoms in total. The third kappa shape index (κ3) is 3.01. The number of benzene rings is 2. The normalized spacial score (nSPS) is 11.8. The van der Waals surface area contributed by atoms with Crippen molar-refractivity contribution in [2.24, 2.45) is 0 Å². The summed E-state index contributed by atoms with van der Waals surface area (Å²) >= 11 is 0. The molecule has 2 heterocycles. The highest BCUT2D eigenvalue weighted by molar-refractivity contribution is 5.89. The van der Waals surface area contributed by atoms with E-state index in [9.17, 15) is 0 Å². The van der Waals surface area contributed by atoms with Gasteiger partial charge in [-0.05, 0) is 42.8 Å². The summed E-state index contributed by atoms with van der Waals surface area (Å²) in [7, 11) is 0. The van der Waals surface area contributed by atoms with Crippen LogP contribution in [0.25, 0.3) is 22.4 Å². The van der Waals surface area contributed by atoms with E-state index in [2.05, 4.69) is 40.4 Å². The monoisotopic (exact) mass is 340 g/mol. The number of fused-ring (bicyclic) bond motifs is 1. The highest BCUT2D eigenvalue weighted by Crippen LogP contribution is 2.31. The van der Waals surface area contributed by atoms with E-state index in [1.165, 1.54) is 11.9 Å². The molecule has 1 N–H and O–H groups in total. The van der Waals surface area contributed by atoms with Crippen LogP contribution in [-0.4, -0.2) is 9.97 Å². The van der Waals surface area contributed by atoms with Crippen molar-refractivity contribution in [3.8, 4) is 17.4 Å². The maximum atomic E-state index is 8.93. The maximum absolute atomic E-state index is 8.93. The molecule has 0 aliphatic carbocycles. The molecule has 2 aromatic carbocycles. The van der Waals surface area contributed by atoms with Crippen LogP contribution < -0.4 is 5.32 Å². The quantitative estimate of drug-likeness (QED) is 0.570. The topological polar surface area (TPSA) is 74.7 Å². The number of rotatable bonds is 4. The van der Waals surface area contributed by atoms with E-state index in [0.717, 1.165) is 16.8 Å². The fourth-order valence-electron chi connectivity index (χ4n) is 2.85. The predicted molar refractivity (Wildman–Crippen MR) is 100 cm³/mol. The Balaban J connectivity index is 1.68. The van der Waals surface area contributed by atoms with Gasteiger partial charge in [0.25, 0.3) is 0 Å². The summed E-state index contributed by atoms with van der Waals surface area (Å²) in [6.45, 7) is 2.09. The highest BCUT2D eigenvalue weighted by atomic mass is 16.3. The van der Waals surface area contributed by atoms with Crippen LogP contribution in [0.4, 0.5) is 5.82 Å². The third-order valence-corrected chi connectivity index (χ3v) is 4.28. The van der Waals surface area contributed by atoms with E-state index in [-0.39, 0.29) is 6.04 Å². The zero-order chi connectivity index (χ0) is 17.9. The standard InChI is InChI=1S/C21H16N4O/c1-14(16-5-3-2-4-6-16)25-20-18-11-19(26-21(18)24-13-23-20)17-9-7-15(12-22)8-10-17/h2-11,13-14H,1H3,(H,23,24,25)/t14-/m1/s1. The molecule has 0 bridgehead atoms. The molecule has 1 atom stereocenters. The van der Waals surface area contributed by atoms with Crippen LogP contribution in [0.1, 0.15) is 24.1 Å². The number of aromatic nitrogens is 2. The van der Waals surface area contributed by atoms with Crippen molar-refractivity contribution in [1.82, 2.24) is 9.97 Å². The molecular formula is C21H16N4O. The molecule has 126 valence electrons. The van der Waals surface area contributed by atoms with Gasteiger partial charge in [0.1, 0.15) is 17.9 Å². The first-order chi connectivity index (χ1) is 12.7. The van der Waals surface area contributed by atoms with E-state index >= 15 is 0 Å². The van der Waals surface area contributed by atoms with Crippen LogP contribution in [0.5, 0.6) is 0 Å². The fraction of sp³-hybridized carbons (Fsp3) is 0.0952. The molecule has 0 radical (unpaired) electrons. The van der Waals surface area contributed by atoms with E-state index in [4.69, 9.17) is 9.68 Å². The first kappa shape index (κ1) is 15.9. The van der Waals surface area contributed by atoms with Gasteiger partial charge in [-0.25, -0.2) is 9.97 Å². The Morgan fingerprint density at radius 2 is 1.81 bits per heavy atom. The summed E-state index contributed by atoms with van der Waals surface area (Å²) in [4.78, 5) is 8.61. The zero-order valence-corrected chi connectivity index (χ0v) is 14.2. The van der Waals surface area contributed by atoms with Gasteiger partial charge in [0.2, 0.25) is 5.71 Å². The number of hydrogen-bond acceptors (Lipinski definition) is 5. The molecule has 4 rings (SSSR count). The van der Waals surface area contributed by atoms with Crippen LogP contribution in [0.2, 0.25) is 0 Å². The van der Waals surface area contributed by atoms with Crippen molar-refractivity contribution in [2.45, 2.75) is 13.0 Å². The van der Waals surface area contributed by atoms with Crippen LogP contribution in [-0.2, 0) is 0 Å². The van der Waals surface area contributed by atoms with Crippen molar-refractivity contribution in [3.63, 3.8) is 0 Å². The van der Waals surface area contributed by atoms with Gasteiger partial charge in [0, 0.05) is 11.6 Å². The first-order valence-electron chi connectivity index (χ1n) is 8.31. The molecule has 0 saturated carbocycles. The highest BCUT2D eigenvalue weighted by Gasteiger charge is 2.14. The Kier molecular flexibility index (Phi) is 4.08. The van der Waals surface area contributed by atoms with Gasteiger partial charge in [0.05, 0.1) is 17.0 Å². The molecule has 0 unspecified atom stereocenters. The van der Waals surface area contributed by atoms with Crippen molar-refractivity contribution >= 4 is 16.9 Å². The molecular weight excluding hydrogens is 324 g/mol. The van der Waals surface area contributed by atoms with Gasteiger partial charge in [0.15, 0.2) is 0 Å². The fourth-order valence-corrected chi connectivity index (χ4v) is 2.85. The molecule has 4 aromatic rings. The zero-order valence-electron chi connectivity index (χ0n) is 14.2. The molecule has 0 saturated heterocycles. The Labute approximate surface area is 150 Å². The van der Waals surface area contributed by atoms with Gasteiger partial charge < -0.3 is 9.73 Å². The number of nitrogens with zero attached hydrogens (tertiary/aromatic N) is 3. The summed E-state index contributed by atoms with van der Waals surface area (Å²) in [5, 5.41) is 13.2. The average Bonchev–Trinajstić information content (AvgIpc) is 3.14. The van der Waals surface area contributed by atoms with E-state index in [1.54, 1.807) is 12.1 Å². The van der Waals surface area contributed by atoms with Crippen LogP contribution in [0, 0.1) is 11.3 Å². The molecule has 0 aliphatic heterocycles. The lowest BCUT2D eigenvalue weighted by atomic mass is 10.1. The van der Waals surface area contributed by atoms with Crippen molar-refractivity contribution in [3.05, 3.63) is 78.1 Å². The van der Waals surface area contributed by atoms with Gasteiger partial charge >= 0.3 is 0 Å². The van der Waals surface area contributed by atoms with Crippen molar-refractivity contribution in [1.29, 1.82) is 5.26 Å².